The van der Waals surface area contributed by atoms with Gasteiger partial charge in [0.2, 0.25) is 0 Å². The van der Waals surface area contributed by atoms with E-state index in [1.807, 2.05) is 70.4 Å². The number of aliphatic hydroxyl groups is 1. The second-order valence-electron chi connectivity index (χ2n) is 17.4. The monoisotopic (exact) mass is 965 g/mol. The third-order valence-corrected chi connectivity index (χ3v) is 14.4. The van der Waals surface area contributed by atoms with Crippen LogP contribution in [0.4, 0.5) is 0 Å². The van der Waals surface area contributed by atoms with Gasteiger partial charge in [0.1, 0.15) is 5.76 Å². The number of hydrogen-bond acceptors (Lipinski definition) is 5. The molecule has 1 radical (unpaired) electrons. The topological polar surface area (TPSA) is 50.2 Å². The Morgan fingerprint density at radius 1 is 0.839 bits per heavy atom. The fourth-order valence-electron chi connectivity index (χ4n) is 7.44. The first kappa shape index (κ1) is 45.6. The van der Waals surface area contributed by atoms with E-state index in [0.29, 0.717) is 5.92 Å². The number of fused-ring (bicyclic) bond motifs is 3. The number of nitrogens with zero attached hydrogens (tertiary/aromatic N) is 1. The summed E-state index contributed by atoms with van der Waals surface area (Å²) in [4.78, 5) is 19.9. The number of hydrogen-bond donors (Lipinski definition) is 1. The number of carbonyl (C=O) groups excluding carboxylic acids is 1. The van der Waals surface area contributed by atoms with Crippen molar-refractivity contribution in [3.05, 3.63) is 100 Å². The second kappa shape index (κ2) is 18.2. The van der Waals surface area contributed by atoms with Crippen LogP contribution < -0.4 is 0 Å². The Morgan fingerprint density at radius 2 is 1.48 bits per heavy atom. The van der Waals surface area contributed by atoms with Gasteiger partial charge in [0.15, 0.2) is 5.78 Å². The van der Waals surface area contributed by atoms with Crippen LogP contribution in [0.1, 0.15) is 123 Å². The van der Waals surface area contributed by atoms with E-state index in [1.165, 1.54) is 63.6 Å². The quantitative estimate of drug-likeness (QED) is 0.0800. The molecule has 0 unspecified atom stereocenters. The van der Waals surface area contributed by atoms with E-state index in [2.05, 4.69) is 109 Å². The van der Waals surface area contributed by atoms with Crippen molar-refractivity contribution in [2.24, 2.45) is 16.7 Å². The Balaban J connectivity index is 0.000000330. The SMILES string of the molecule is CCC(C)(CC)C(=O)/C=C(\O)C(C)(CC)CC.Cc1sc2ccc(CC(C)C)cc2c1-c1sc2ccnc(-c3[c-]c4ccccc4c(C(C)(C)C)c3)c2c1C.[Ir]. The number of allylic oxidation sites excluding steroid dienone is 2. The van der Waals surface area contributed by atoms with E-state index in [0.717, 1.165) is 48.7 Å². The van der Waals surface area contributed by atoms with Crippen LogP contribution >= 0.6 is 22.7 Å². The molecule has 0 fully saturated rings. The molecule has 0 aliphatic carbocycles. The summed E-state index contributed by atoms with van der Waals surface area (Å²) >= 11 is 3.82. The van der Waals surface area contributed by atoms with Crippen molar-refractivity contribution in [1.29, 1.82) is 0 Å². The first-order chi connectivity index (χ1) is 25.9. The van der Waals surface area contributed by atoms with Gasteiger partial charge in [-0.3, -0.25) is 9.78 Å². The zero-order valence-corrected chi connectivity index (χ0v) is 39.9. The van der Waals surface area contributed by atoms with Crippen LogP contribution in [-0.4, -0.2) is 15.9 Å². The molecule has 1 N–H and O–H groups in total. The number of thiophene rings is 2. The number of carbonyl (C=O) groups is 1. The number of aromatic nitrogens is 1. The minimum atomic E-state index is -0.337. The maximum Gasteiger partial charge on any atom is 0.164 e. The fourth-order valence-corrected chi connectivity index (χ4v) is 9.88. The van der Waals surface area contributed by atoms with Gasteiger partial charge < -0.3 is 5.11 Å². The Bertz CT molecular complexity index is 2340. The van der Waals surface area contributed by atoms with Gasteiger partial charge in [-0.15, -0.1) is 51.8 Å². The van der Waals surface area contributed by atoms with E-state index >= 15 is 0 Å². The third kappa shape index (κ3) is 9.25. The molecule has 0 atom stereocenters. The zero-order valence-electron chi connectivity index (χ0n) is 35.9. The number of benzene rings is 3. The molecular weight excluding hydrogens is 903 g/mol. The molecule has 301 valence electrons. The molecule has 3 nitrogen and oxygen atoms in total. The van der Waals surface area contributed by atoms with Crippen LogP contribution in [0.3, 0.4) is 0 Å². The fraction of sp³-hybridized carbons (Fsp3) is 0.440. The van der Waals surface area contributed by atoms with Crippen LogP contribution in [0.15, 0.2) is 72.6 Å². The summed E-state index contributed by atoms with van der Waals surface area (Å²) in [6, 6.07) is 23.9. The first-order valence-electron chi connectivity index (χ1n) is 20.2. The molecule has 6 heteroatoms. The van der Waals surface area contributed by atoms with Gasteiger partial charge in [0.25, 0.3) is 0 Å². The van der Waals surface area contributed by atoms with Crippen molar-refractivity contribution in [2.45, 2.75) is 128 Å². The molecule has 0 spiro atoms. The van der Waals surface area contributed by atoms with Crippen LogP contribution in [-0.2, 0) is 36.7 Å². The van der Waals surface area contributed by atoms with Gasteiger partial charge in [-0.05, 0) is 92.0 Å². The summed E-state index contributed by atoms with van der Waals surface area (Å²) in [5.41, 5.74) is 7.02. The minimum absolute atomic E-state index is 0. The van der Waals surface area contributed by atoms with E-state index in [9.17, 15) is 9.90 Å². The van der Waals surface area contributed by atoms with Gasteiger partial charge in [-0.1, -0.05) is 111 Å². The summed E-state index contributed by atoms with van der Waals surface area (Å²) < 4.78 is 2.66. The van der Waals surface area contributed by atoms with E-state index in [1.54, 1.807) is 0 Å². The van der Waals surface area contributed by atoms with Gasteiger partial charge in [0, 0.05) is 79.0 Å². The van der Waals surface area contributed by atoms with Crippen LogP contribution in [0.25, 0.3) is 52.6 Å². The molecule has 0 saturated carbocycles. The molecule has 6 aromatic rings. The van der Waals surface area contributed by atoms with Gasteiger partial charge >= 0.3 is 0 Å². The van der Waals surface area contributed by atoms with E-state index in [-0.39, 0.29) is 47.9 Å². The average Bonchev–Trinajstić information content (AvgIpc) is 3.67. The molecule has 3 aromatic heterocycles. The normalized spacial score (nSPS) is 12.6. The van der Waals surface area contributed by atoms with Crippen molar-refractivity contribution >= 4 is 59.4 Å². The molecule has 0 amide bonds. The molecule has 6 rings (SSSR count). The van der Waals surface area contributed by atoms with Crippen molar-refractivity contribution in [3.63, 3.8) is 0 Å². The van der Waals surface area contributed by atoms with Gasteiger partial charge in [-0.25, -0.2) is 0 Å². The Labute approximate surface area is 358 Å². The molecule has 3 heterocycles. The summed E-state index contributed by atoms with van der Waals surface area (Å²) in [6.45, 7) is 28.1. The average molecular weight is 965 g/mol. The molecule has 56 heavy (non-hydrogen) atoms. The number of ketones is 1. The largest absolute Gasteiger partial charge is 0.512 e. The van der Waals surface area contributed by atoms with Gasteiger partial charge in [-0.2, -0.15) is 0 Å². The summed E-state index contributed by atoms with van der Waals surface area (Å²) in [5, 5.41) is 15.2. The summed E-state index contributed by atoms with van der Waals surface area (Å²) in [5.74, 6) is 0.931. The van der Waals surface area contributed by atoms with Gasteiger partial charge in [0.05, 0.1) is 0 Å². The Hall–Kier alpha value is -3.15. The Morgan fingerprint density at radius 3 is 2.09 bits per heavy atom. The predicted molar refractivity (Wildman–Crippen MR) is 242 cm³/mol. The number of rotatable bonds is 11. The minimum Gasteiger partial charge on any atom is -0.512 e. The molecular formula is C50H62IrNO2S2-. The van der Waals surface area contributed by atoms with E-state index in [4.69, 9.17) is 4.98 Å². The molecule has 0 bridgehead atoms. The number of pyridine rings is 1. The first-order valence-corrected chi connectivity index (χ1v) is 21.9. The molecule has 0 aliphatic heterocycles. The molecule has 3 aromatic carbocycles. The van der Waals surface area contributed by atoms with Crippen molar-refractivity contribution in [2.75, 3.05) is 0 Å². The number of aryl methyl sites for hydroxylation is 2. The van der Waals surface area contributed by atoms with Crippen molar-refractivity contribution < 1.29 is 30.0 Å². The standard InChI is InChI=1S/C35H34NS2.C15H28O2.Ir/c1-20(2)16-23-12-13-29-27(17-23)32(22(4)37-29)34-21(3)31-30(38-34)14-15-36-33(31)25-18-24-10-8-9-11-26(24)28(19-25)35(5,6)7;1-7-14(5,8-2)12(16)11-13(17)15(6,9-3)10-4;/h8-15,17,19-20H,16H2,1-7H3;11,16H,7-10H2,1-6H3;/q-1;;/b;12-11-;. The molecule has 0 aliphatic rings. The van der Waals surface area contributed by atoms with Crippen molar-refractivity contribution in [1.82, 2.24) is 4.98 Å². The second-order valence-corrected chi connectivity index (χ2v) is 19.7. The zero-order chi connectivity index (χ0) is 40.5. The smallest absolute Gasteiger partial charge is 0.164 e. The van der Waals surface area contributed by atoms with Crippen LogP contribution in [0.5, 0.6) is 0 Å². The van der Waals surface area contributed by atoms with Crippen molar-refractivity contribution in [3.8, 4) is 21.7 Å². The maximum atomic E-state index is 12.2. The Kier molecular flexibility index (Phi) is 14.8. The third-order valence-electron chi connectivity index (χ3n) is 12.1. The molecule has 0 saturated heterocycles. The predicted octanol–water partition coefficient (Wildman–Crippen LogP) is 15.6. The maximum absolute atomic E-state index is 12.2. The number of aliphatic hydroxyl groups excluding tert-OH is 1. The summed E-state index contributed by atoms with van der Waals surface area (Å²) in [6.07, 6.45) is 7.83. The van der Waals surface area contributed by atoms with E-state index < -0.39 is 0 Å². The van der Waals surface area contributed by atoms with Crippen LogP contribution in [0, 0.1) is 36.7 Å². The van der Waals surface area contributed by atoms with Crippen LogP contribution in [0.2, 0.25) is 0 Å². The summed E-state index contributed by atoms with van der Waals surface area (Å²) in [7, 11) is 0.